The van der Waals surface area contributed by atoms with Crippen LogP contribution in [-0.2, 0) is 14.8 Å². The molecule has 1 saturated carbocycles. The molecule has 2 N–H and O–H groups in total. The van der Waals surface area contributed by atoms with Crippen LogP contribution in [-0.4, -0.2) is 39.7 Å². The zero-order chi connectivity index (χ0) is 19.7. The molecule has 1 aliphatic carbocycles. The lowest BCUT2D eigenvalue weighted by molar-refractivity contribution is 0.0868. The highest BCUT2D eigenvalue weighted by Gasteiger charge is 2.33. The first-order valence-corrected chi connectivity index (χ1v) is 11.3. The molecule has 0 bridgehead atoms. The van der Waals surface area contributed by atoms with E-state index in [1.165, 1.54) is 22.8 Å². The van der Waals surface area contributed by atoms with Gasteiger partial charge in [-0.05, 0) is 42.3 Å². The molecule has 28 heavy (non-hydrogen) atoms. The van der Waals surface area contributed by atoms with Gasteiger partial charge in [-0.2, -0.15) is 0 Å². The lowest BCUT2D eigenvalue weighted by Crippen LogP contribution is -2.32. The molecule has 0 atom stereocenters. The number of hydrogen-bond donors (Lipinski definition) is 2. The van der Waals surface area contributed by atoms with E-state index in [9.17, 15) is 13.2 Å². The third-order valence-electron chi connectivity index (χ3n) is 4.68. The standard InChI is InChI=1S/C19H21N3O4S2/c1-26-12-20-19(23)15-10-14-4-2-5-16(18(14)21-15)22(11-13-7-8-13)28(24,25)17-6-3-9-27-17/h2-6,9-10,13,21H,7-8,11-12H2,1H3,(H,20,23). The van der Waals surface area contributed by atoms with Crippen molar-refractivity contribution in [3.8, 4) is 0 Å². The minimum Gasteiger partial charge on any atom is -0.364 e. The molecule has 0 saturated heterocycles. The number of nitrogens with one attached hydrogen (secondary N) is 2. The van der Waals surface area contributed by atoms with Crippen LogP contribution in [0.1, 0.15) is 23.3 Å². The van der Waals surface area contributed by atoms with Crippen molar-refractivity contribution in [2.75, 3.05) is 24.7 Å². The van der Waals surface area contributed by atoms with Crippen molar-refractivity contribution in [3.05, 3.63) is 47.5 Å². The third kappa shape index (κ3) is 3.65. The maximum atomic E-state index is 13.3. The van der Waals surface area contributed by atoms with E-state index >= 15 is 0 Å². The van der Waals surface area contributed by atoms with Crippen LogP contribution in [0.2, 0.25) is 0 Å². The van der Waals surface area contributed by atoms with Gasteiger partial charge >= 0.3 is 0 Å². The van der Waals surface area contributed by atoms with Crippen LogP contribution in [0.15, 0.2) is 46.0 Å². The summed E-state index contributed by atoms with van der Waals surface area (Å²) in [5, 5.41) is 5.17. The molecular formula is C19H21N3O4S2. The molecule has 7 nitrogen and oxygen atoms in total. The van der Waals surface area contributed by atoms with Crippen molar-refractivity contribution in [2.45, 2.75) is 17.1 Å². The second-order valence-corrected chi connectivity index (χ2v) is 9.81. The number of methoxy groups -OCH3 is 1. The van der Waals surface area contributed by atoms with E-state index in [-0.39, 0.29) is 12.6 Å². The number of aromatic nitrogens is 1. The summed E-state index contributed by atoms with van der Waals surface area (Å²) >= 11 is 1.21. The van der Waals surface area contributed by atoms with E-state index in [0.29, 0.717) is 33.6 Å². The highest BCUT2D eigenvalue weighted by atomic mass is 32.2. The summed E-state index contributed by atoms with van der Waals surface area (Å²) in [6.45, 7) is 0.533. The molecule has 1 aromatic carbocycles. The van der Waals surface area contributed by atoms with Gasteiger partial charge in [-0.15, -0.1) is 11.3 Å². The lowest BCUT2D eigenvalue weighted by atomic mass is 10.2. The number of thiophene rings is 1. The fourth-order valence-electron chi connectivity index (χ4n) is 3.08. The molecule has 1 aliphatic rings. The number of carbonyl (C=O) groups excluding carboxylic acids is 1. The van der Waals surface area contributed by atoms with Gasteiger partial charge in [0.15, 0.2) is 0 Å². The van der Waals surface area contributed by atoms with E-state index < -0.39 is 10.0 Å². The zero-order valence-electron chi connectivity index (χ0n) is 15.3. The molecule has 2 aromatic heterocycles. The van der Waals surface area contributed by atoms with Crippen LogP contribution >= 0.6 is 11.3 Å². The SMILES string of the molecule is COCNC(=O)c1cc2cccc(N(CC3CC3)S(=O)(=O)c3cccs3)c2[nH]1. The summed E-state index contributed by atoms with van der Waals surface area (Å²) < 4.78 is 33.3. The van der Waals surface area contributed by atoms with E-state index in [0.717, 1.165) is 18.2 Å². The quantitative estimate of drug-likeness (QED) is 0.549. The Morgan fingerprint density at radius 2 is 2.14 bits per heavy atom. The summed E-state index contributed by atoms with van der Waals surface area (Å²) in [5.74, 6) is 0.0586. The van der Waals surface area contributed by atoms with E-state index in [2.05, 4.69) is 10.3 Å². The first-order valence-electron chi connectivity index (χ1n) is 8.96. The third-order valence-corrected chi connectivity index (χ3v) is 7.84. The molecule has 4 rings (SSSR count). The molecule has 0 aliphatic heterocycles. The Morgan fingerprint density at radius 1 is 1.32 bits per heavy atom. The van der Waals surface area contributed by atoms with Crippen molar-refractivity contribution >= 4 is 43.9 Å². The van der Waals surface area contributed by atoms with Crippen LogP contribution in [0, 0.1) is 5.92 Å². The normalized spacial score (nSPS) is 14.3. The van der Waals surface area contributed by atoms with Crippen molar-refractivity contribution in [1.29, 1.82) is 0 Å². The second kappa shape index (κ2) is 7.57. The highest BCUT2D eigenvalue weighted by Crippen LogP contribution is 2.37. The maximum Gasteiger partial charge on any atom is 0.273 e. The summed E-state index contributed by atoms with van der Waals surface area (Å²) in [5.41, 5.74) is 1.55. The monoisotopic (exact) mass is 419 g/mol. The molecule has 9 heteroatoms. The van der Waals surface area contributed by atoms with Gasteiger partial charge in [-0.3, -0.25) is 9.10 Å². The molecule has 2 heterocycles. The Hall–Kier alpha value is -2.36. The Kier molecular flexibility index (Phi) is 5.13. The summed E-state index contributed by atoms with van der Waals surface area (Å²) in [6, 6.07) is 10.5. The van der Waals surface area contributed by atoms with Crippen molar-refractivity contribution < 1.29 is 17.9 Å². The van der Waals surface area contributed by atoms with Crippen LogP contribution in [0.3, 0.4) is 0 Å². The molecule has 0 radical (unpaired) electrons. The molecule has 1 fully saturated rings. The number of H-pyrrole nitrogens is 1. The Balaban J connectivity index is 1.78. The fourth-order valence-corrected chi connectivity index (χ4v) is 5.74. The van der Waals surface area contributed by atoms with E-state index in [4.69, 9.17) is 4.74 Å². The zero-order valence-corrected chi connectivity index (χ0v) is 17.0. The lowest BCUT2D eigenvalue weighted by Gasteiger charge is -2.24. The number of aromatic amines is 1. The number of benzene rings is 1. The van der Waals surface area contributed by atoms with Crippen molar-refractivity contribution in [1.82, 2.24) is 10.3 Å². The Bertz CT molecular complexity index is 1090. The first-order chi connectivity index (χ1) is 13.5. The number of carbonyl (C=O) groups is 1. The van der Waals surface area contributed by atoms with Gasteiger partial charge in [-0.1, -0.05) is 18.2 Å². The van der Waals surface area contributed by atoms with E-state index in [1.807, 2.05) is 12.1 Å². The first kappa shape index (κ1) is 19.0. The number of rotatable bonds is 8. The Labute approximate surface area is 167 Å². The van der Waals surface area contributed by atoms with Gasteiger partial charge in [0.05, 0.1) is 11.2 Å². The predicted octanol–water partition coefficient (Wildman–Crippen LogP) is 3.17. The molecule has 3 aromatic rings. The topological polar surface area (TPSA) is 91.5 Å². The van der Waals surface area contributed by atoms with Gasteiger partial charge < -0.3 is 15.0 Å². The van der Waals surface area contributed by atoms with E-state index in [1.54, 1.807) is 29.6 Å². The highest BCUT2D eigenvalue weighted by molar-refractivity contribution is 7.94. The number of anilines is 1. The smallest absolute Gasteiger partial charge is 0.273 e. The number of hydrogen-bond acceptors (Lipinski definition) is 5. The van der Waals surface area contributed by atoms with Crippen LogP contribution in [0.4, 0.5) is 5.69 Å². The van der Waals surface area contributed by atoms with Crippen molar-refractivity contribution in [2.24, 2.45) is 5.92 Å². The van der Waals surface area contributed by atoms with Gasteiger partial charge in [0.25, 0.3) is 15.9 Å². The second-order valence-electron chi connectivity index (χ2n) is 6.77. The van der Waals surface area contributed by atoms with Crippen LogP contribution < -0.4 is 9.62 Å². The summed E-state index contributed by atoms with van der Waals surface area (Å²) in [4.78, 5) is 15.4. The minimum absolute atomic E-state index is 0.0988. The van der Waals surface area contributed by atoms with Crippen LogP contribution in [0.25, 0.3) is 10.9 Å². The molecule has 1 amide bonds. The minimum atomic E-state index is -3.67. The van der Waals surface area contributed by atoms with Gasteiger partial charge in [0.2, 0.25) is 0 Å². The summed E-state index contributed by atoms with van der Waals surface area (Å²) in [7, 11) is -2.18. The number of nitrogens with zero attached hydrogens (tertiary/aromatic N) is 1. The number of ether oxygens (including phenoxy) is 1. The molecule has 148 valence electrons. The number of amides is 1. The average Bonchev–Trinajstić information content (AvgIpc) is 3.16. The molecule has 0 spiro atoms. The predicted molar refractivity (Wildman–Crippen MR) is 109 cm³/mol. The maximum absolute atomic E-state index is 13.3. The average molecular weight is 420 g/mol. The van der Waals surface area contributed by atoms with Gasteiger partial charge in [0, 0.05) is 19.0 Å². The Morgan fingerprint density at radius 3 is 2.82 bits per heavy atom. The fraction of sp³-hybridized carbons (Fsp3) is 0.316. The number of para-hydroxylation sites is 1. The van der Waals surface area contributed by atoms with Gasteiger partial charge in [0.1, 0.15) is 16.6 Å². The van der Waals surface area contributed by atoms with Crippen LogP contribution in [0.5, 0.6) is 0 Å². The largest absolute Gasteiger partial charge is 0.364 e. The summed E-state index contributed by atoms with van der Waals surface area (Å²) in [6.07, 6.45) is 2.06. The molecule has 0 unspecified atom stereocenters. The van der Waals surface area contributed by atoms with Gasteiger partial charge in [-0.25, -0.2) is 8.42 Å². The number of sulfonamides is 1. The molecular weight excluding hydrogens is 398 g/mol. The number of fused-ring (bicyclic) bond motifs is 1. The van der Waals surface area contributed by atoms with Crippen molar-refractivity contribution in [3.63, 3.8) is 0 Å².